The first-order valence-corrected chi connectivity index (χ1v) is 11.8. The molecular formula is C25H40IN5. The molecule has 6 heteroatoms. The monoisotopic (exact) mass is 537 g/mol. The van der Waals surface area contributed by atoms with Gasteiger partial charge in [0.25, 0.3) is 0 Å². The average Bonchev–Trinajstić information content (AvgIpc) is 2.82. The van der Waals surface area contributed by atoms with Crippen LogP contribution in [0.1, 0.15) is 44.1 Å². The van der Waals surface area contributed by atoms with Crippen molar-refractivity contribution in [2.24, 2.45) is 4.99 Å². The second-order valence-corrected chi connectivity index (χ2v) is 9.27. The lowest BCUT2D eigenvalue weighted by Gasteiger charge is -2.50. The molecule has 0 atom stereocenters. The molecule has 0 bridgehead atoms. The fourth-order valence-corrected chi connectivity index (χ4v) is 5.36. The maximum absolute atomic E-state index is 4.66. The molecule has 3 aliphatic rings. The SMILES string of the molecule is CN=C(NCC1(N2CCCCC2)CCN(C)CC1)N1CC=C(c2ccccc2)CC1.I. The lowest BCUT2D eigenvalue weighted by atomic mass is 9.84. The molecular weight excluding hydrogens is 497 g/mol. The van der Waals surface area contributed by atoms with Gasteiger partial charge in [-0.3, -0.25) is 9.89 Å². The maximum Gasteiger partial charge on any atom is 0.194 e. The predicted octanol–water partition coefficient (Wildman–Crippen LogP) is 3.92. The van der Waals surface area contributed by atoms with Crippen LogP contribution in [0.2, 0.25) is 0 Å². The third-order valence-electron chi connectivity index (χ3n) is 7.39. The molecule has 2 saturated heterocycles. The number of hydrogen-bond donors (Lipinski definition) is 1. The van der Waals surface area contributed by atoms with Crippen LogP contribution >= 0.6 is 24.0 Å². The Hall–Kier alpha value is -1.12. The zero-order valence-corrected chi connectivity index (χ0v) is 21.7. The van der Waals surface area contributed by atoms with E-state index in [0.29, 0.717) is 0 Å². The lowest BCUT2D eigenvalue weighted by molar-refractivity contribution is 0.0169. The molecule has 1 aromatic carbocycles. The van der Waals surface area contributed by atoms with Crippen molar-refractivity contribution in [3.8, 4) is 0 Å². The van der Waals surface area contributed by atoms with Crippen molar-refractivity contribution in [3.63, 3.8) is 0 Å². The van der Waals surface area contributed by atoms with Gasteiger partial charge in [0.1, 0.15) is 0 Å². The van der Waals surface area contributed by atoms with Crippen molar-refractivity contribution in [2.45, 2.75) is 44.1 Å². The van der Waals surface area contributed by atoms with E-state index in [1.165, 1.54) is 69.4 Å². The molecule has 3 heterocycles. The highest BCUT2D eigenvalue weighted by Gasteiger charge is 2.39. The highest BCUT2D eigenvalue weighted by molar-refractivity contribution is 14.0. The third kappa shape index (κ3) is 6.02. The fraction of sp³-hybridized carbons (Fsp3) is 0.640. The Morgan fingerprint density at radius 3 is 2.32 bits per heavy atom. The zero-order chi connectivity index (χ0) is 20.8. The van der Waals surface area contributed by atoms with Gasteiger partial charge in [0, 0.05) is 32.2 Å². The van der Waals surface area contributed by atoms with E-state index in [4.69, 9.17) is 0 Å². The molecule has 4 rings (SSSR count). The Morgan fingerprint density at radius 1 is 1.00 bits per heavy atom. The van der Waals surface area contributed by atoms with E-state index >= 15 is 0 Å². The number of benzene rings is 1. The van der Waals surface area contributed by atoms with Crippen molar-refractivity contribution < 1.29 is 0 Å². The van der Waals surface area contributed by atoms with Crippen LogP contribution in [0.5, 0.6) is 0 Å². The Labute approximate surface area is 206 Å². The van der Waals surface area contributed by atoms with E-state index in [1.807, 2.05) is 7.05 Å². The maximum atomic E-state index is 4.66. The van der Waals surface area contributed by atoms with Crippen molar-refractivity contribution in [1.82, 2.24) is 20.0 Å². The standard InChI is InChI=1S/C25H39N5.HI/c1-26-24(29-17-11-23(12-18-29)22-9-5-3-6-10-22)27-21-25(13-19-28(2)20-14-25)30-15-7-4-8-16-30;/h3,5-6,9-11H,4,7-8,12-21H2,1-2H3,(H,26,27);1H. The topological polar surface area (TPSA) is 34.1 Å². The quantitative estimate of drug-likeness (QED) is 0.359. The van der Waals surface area contributed by atoms with E-state index in [2.05, 4.69) is 68.5 Å². The Kier molecular flexibility index (Phi) is 9.22. The highest BCUT2D eigenvalue weighted by Crippen LogP contribution is 2.31. The number of aliphatic imine (C=N–C) groups is 1. The summed E-state index contributed by atoms with van der Waals surface area (Å²) >= 11 is 0. The average molecular weight is 538 g/mol. The summed E-state index contributed by atoms with van der Waals surface area (Å²) in [6.45, 7) is 7.89. The van der Waals surface area contributed by atoms with Crippen LogP contribution in [0.4, 0.5) is 0 Å². The molecule has 1 aromatic rings. The largest absolute Gasteiger partial charge is 0.354 e. The number of likely N-dealkylation sites (tertiary alicyclic amines) is 2. The molecule has 0 saturated carbocycles. The minimum atomic E-state index is 0. The van der Waals surface area contributed by atoms with Gasteiger partial charge in [-0.1, -0.05) is 42.8 Å². The molecule has 1 N–H and O–H groups in total. The number of nitrogens with zero attached hydrogens (tertiary/aromatic N) is 4. The minimum Gasteiger partial charge on any atom is -0.354 e. The summed E-state index contributed by atoms with van der Waals surface area (Å²) in [6, 6.07) is 10.8. The molecule has 0 unspecified atom stereocenters. The predicted molar refractivity (Wildman–Crippen MR) is 142 cm³/mol. The van der Waals surface area contributed by atoms with Gasteiger partial charge in [0.05, 0.1) is 0 Å². The lowest BCUT2D eigenvalue weighted by Crippen LogP contribution is -2.62. The second-order valence-electron chi connectivity index (χ2n) is 9.27. The minimum absolute atomic E-state index is 0. The van der Waals surface area contributed by atoms with E-state index in [0.717, 1.165) is 32.0 Å². The molecule has 0 aliphatic carbocycles. The van der Waals surface area contributed by atoms with Crippen LogP contribution in [-0.2, 0) is 0 Å². The Bertz CT molecular complexity index is 734. The number of rotatable bonds is 4. The molecule has 0 radical (unpaired) electrons. The van der Waals surface area contributed by atoms with Crippen LogP contribution in [0.25, 0.3) is 5.57 Å². The molecule has 0 spiro atoms. The number of halogens is 1. The molecule has 3 aliphatic heterocycles. The summed E-state index contributed by atoms with van der Waals surface area (Å²) < 4.78 is 0. The van der Waals surface area contributed by atoms with Gasteiger partial charge < -0.3 is 15.1 Å². The summed E-state index contributed by atoms with van der Waals surface area (Å²) in [5.74, 6) is 1.06. The first-order valence-electron chi connectivity index (χ1n) is 11.8. The van der Waals surface area contributed by atoms with Gasteiger partial charge in [-0.2, -0.15) is 0 Å². The first-order chi connectivity index (χ1) is 14.7. The highest BCUT2D eigenvalue weighted by atomic mass is 127. The van der Waals surface area contributed by atoms with Gasteiger partial charge in [-0.15, -0.1) is 24.0 Å². The van der Waals surface area contributed by atoms with Crippen LogP contribution in [0.3, 0.4) is 0 Å². The van der Waals surface area contributed by atoms with Gasteiger partial charge >= 0.3 is 0 Å². The molecule has 5 nitrogen and oxygen atoms in total. The fourth-order valence-electron chi connectivity index (χ4n) is 5.36. The Morgan fingerprint density at radius 2 is 1.71 bits per heavy atom. The van der Waals surface area contributed by atoms with Gasteiger partial charge in [-0.25, -0.2) is 0 Å². The summed E-state index contributed by atoms with van der Waals surface area (Å²) in [4.78, 5) is 12.3. The van der Waals surface area contributed by atoms with Crippen LogP contribution in [0, 0.1) is 0 Å². The summed E-state index contributed by atoms with van der Waals surface area (Å²) in [6.07, 6.45) is 10.1. The van der Waals surface area contributed by atoms with Gasteiger partial charge in [0.15, 0.2) is 5.96 Å². The van der Waals surface area contributed by atoms with Crippen molar-refractivity contribution in [2.75, 3.05) is 59.9 Å². The Balaban J connectivity index is 0.00000272. The molecule has 0 amide bonds. The number of piperidine rings is 2. The number of hydrogen-bond acceptors (Lipinski definition) is 3. The van der Waals surface area contributed by atoms with Crippen LogP contribution in [-0.4, -0.2) is 86.1 Å². The third-order valence-corrected chi connectivity index (χ3v) is 7.39. The summed E-state index contributed by atoms with van der Waals surface area (Å²) in [5.41, 5.74) is 3.10. The zero-order valence-electron chi connectivity index (χ0n) is 19.4. The van der Waals surface area contributed by atoms with E-state index < -0.39 is 0 Å². The van der Waals surface area contributed by atoms with E-state index in [-0.39, 0.29) is 29.5 Å². The van der Waals surface area contributed by atoms with Crippen LogP contribution in [0.15, 0.2) is 41.4 Å². The van der Waals surface area contributed by atoms with Gasteiger partial charge in [-0.05, 0) is 76.5 Å². The number of guanidine groups is 1. The molecule has 2 fully saturated rings. The van der Waals surface area contributed by atoms with Crippen molar-refractivity contribution >= 4 is 35.5 Å². The smallest absolute Gasteiger partial charge is 0.194 e. The second kappa shape index (κ2) is 11.7. The summed E-state index contributed by atoms with van der Waals surface area (Å²) in [7, 11) is 4.19. The van der Waals surface area contributed by atoms with Crippen molar-refractivity contribution in [3.05, 3.63) is 42.0 Å². The van der Waals surface area contributed by atoms with Crippen molar-refractivity contribution in [1.29, 1.82) is 0 Å². The summed E-state index contributed by atoms with van der Waals surface area (Å²) in [5, 5.41) is 3.80. The molecule has 0 aromatic heterocycles. The molecule has 172 valence electrons. The van der Waals surface area contributed by atoms with Crippen LogP contribution < -0.4 is 5.32 Å². The number of nitrogens with one attached hydrogen (secondary N) is 1. The van der Waals surface area contributed by atoms with E-state index in [9.17, 15) is 0 Å². The molecule has 31 heavy (non-hydrogen) atoms. The first kappa shape index (κ1) is 24.5. The van der Waals surface area contributed by atoms with Gasteiger partial charge in [0.2, 0.25) is 0 Å². The van der Waals surface area contributed by atoms with E-state index in [1.54, 1.807) is 0 Å². The normalized spacial score (nSPS) is 23.1.